The smallest absolute Gasteiger partial charge is 0.160 e. The summed E-state index contributed by atoms with van der Waals surface area (Å²) in [5, 5.41) is 13.1. The van der Waals surface area contributed by atoms with Gasteiger partial charge in [-0.1, -0.05) is 164 Å². The number of hydrogen-bond acceptors (Lipinski definition) is 3. The van der Waals surface area contributed by atoms with Gasteiger partial charge in [0.1, 0.15) is 11.2 Å². The molecule has 3 nitrogen and oxygen atoms in total. The van der Waals surface area contributed by atoms with Gasteiger partial charge >= 0.3 is 0 Å². The number of rotatable bonds is 4. The van der Waals surface area contributed by atoms with Crippen LogP contribution in [0.1, 0.15) is 0 Å². The molecule has 264 valence electrons. The Labute approximate surface area is 328 Å². The predicted molar refractivity (Wildman–Crippen MR) is 239 cm³/mol. The maximum Gasteiger partial charge on any atom is 0.160 e. The summed E-state index contributed by atoms with van der Waals surface area (Å²) in [6.07, 6.45) is 0. The highest BCUT2D eigenvalue weighted by atomic mass is 16.3. The Kier molecular flexibility index (Phi) is 6.93. The highest BCUT2D eigenvalue weighted by Gasteiger charge is 2.19. The van der Waals surface area contributed by atoms with Crippen LogP contribution >= 0.6 is 0 Å². The van der Waals surface area contributed by atoms with E-state index in [1.165, 1.54) is 37.9 Å². The molecular weight excluding hydrogens is 693 g/mol. The monoisotopic (exact) mass is 724 g/mol. The van der Waals surface area contributed by atoms with Gasteiger partial charge in [-0.25, -0.2) is 9.97 Å². The van der Waals surface area contributed by atoms with E-state index >= 15 is 0 Å². The van der Waals surface area contributed by atoms with Crippen molar-refractivity contribution in [2.75, 3.05) is 0 Å². The van der Waals surface area contributed by atoms with E-state index in [0.29, 0.717) is 5.82 Å². The molecule has 10 aromatic carbocycles. The summed E-state index contributed by atoms with van der Waals surface area (Å²) >= 11 is 0. The number of aromatic nitrogens is 2. The molecular formula is C54H32N2O. The first-order chi connectivity index (χ1) is 28.3. The number of benzene rings is 10. The number of furan rings is 1. The molecule has 0 radical (unpaired) electrons. The summed E-state index contributed by atoms with van der Waals surface area (Å²) in [5.41, 5.74) is 10.3. The zero-order valence-corrected chi connectivity index (χ0v) is 30.8. The van der Waals surface area contributed by atoms with Crippen LogP contribution in [0.15, 0.2) is 199 Å². The lowest BCUT2D eigenvalue weighted by atomic mass is 9.91. The second-order valence-electron chi connectivity index (χ2n) is 14.8. The molecule has 0 atom stereocenters. The molecule has 0 bridgehead atoms. The van der Waals surface area contributed by atoms with Crippen LogP contribution < -0.4 is 0 Å². The fourth-order valence-electron chi connectivity index (χ4n) is 9.04. The Morgan fingerprint density at radius 1 is 0.298 bits per heavy atom. The van der Waals surface area contributed by atoms with Gasteiger partial charge in [0.15, 0.2) is 5.82 Å². The van der Waals surface area contributed by atoms with Gasteiger partial charge < -0.3 is 4.42 Å². The van der Waals surface area contributed by atoms with E-state index in [4.69, 9.17) is 14.4 Å². The van der Waals surface area contributed by atoms with E-state index in [-0.39, 0.29) is 0 Å². The highest BCUT2D eigenvalue weighted by Crippen LogP contribution is 2.43. The van der Waals surface area contributed by atoms with Crippen LogP contribution in [0.2, 0.25) is 0 Å². The zero-order valence-electron chi connectivity index (χ0n) is 30.8. The molecule has 0 unspecified atom stereocenters. The van der Waals surface area contributed by atoms with Crippen molar-refractivity contribution in [3.63, 3.8) is 0 Å². The first kappa shape index (κ1) is 31.7. The van der Waals surface area contributed by atoms with E-state index in [1.807, 2.05) is 24.3 Å². The largest absolute Gasteiger partial charge is 0.456 e. The first-order valence-electron chi connectivity index (χ1n) is 19.4. The van der Waals surface area contributed by atoms with Crippen molar-refractivity contribution in [3.8, 4) is 44.9 Å². The predicted octanol–water partition coefficient (Wildman–Crippen LogP) is 14.8. The summed E-state index contributed by atoms with van der Waals surface area (Å²) in [5.74, 6) is 0.713. The molecule has 0 aliphatic rings. The van der Waals surface area contributed by atoms with Crippen LogP contribution in [-0.2, 0) is 0 Å². The Bertz CT molecular complexity index is 3530. The highest BCUT2D eigenvalue weighted by molar-refractivity contribution is 6.26. The van der Waals surface area contributed by atoms with E-state index in [9.17, 15) is 0 Å². The molecule has 0 spiro atoms. The Balaban J connectivity index is 1.07. The summed E-state index contributed by atoms with van der Waals surface area (Å²) < 4.78 is 6.57. The van der Waals surface area contributed by atoms with Gasteiger partial charge in [0, 0.05) is 32.7 Å². The molecule has 0 fully saturated rings. The van der Waals surface area contributed by atoms with Crippen LogP contribution in [0.3, 0.4) is 0 Å². The van der Waals surface area contributed by atoms with E-state index < -0.39 is 0 Å². The Hall–Kier alpha value is -7.62. The molecule has 57 heavy (non-hydrogen) atoms. The maximum atomic E-state index is 6.57. The molecule has 0 N–H and O–H groups in total. The number of fused-ring (bicyclic) bond motifs is 12. The number of nitrogens with zero attached hydrogens (tertiary/aromatic N) is 2. The minimum absolute atomic E-state index is 0.713. The molecule has 12 rings (SSSR count). The van der Waals surface area contributed by atoms with Crippen LogP contribution in [0.4, 0.5) is 0 Å². The Morgan fingerprint density at radius 2 is 0.842 bits per heavy atom. The minimum atomic E-state index is 0.713. The van der Waals surface area contributed by atoms with Gasteiger partial charge in [-0.2, -0.15) is 0 Å². The van der Waals surface area contributed by atoms with Crippen molar-refractivity contribution in [1.82, 2.24) is 9.97 Å². The third-order valence-electron chi connectivity index (χ3n) is 11.7. The topological polar surface area (TPSA) is 38.9 Å². The van der Waals surface area contributed by atoms with Crippen molar-refractivity contribution in [1.29, 1.82) is 0 Å². The van der Waals surface area contributed by atoms with Gasteiger partial charge in [-0.05, 0) is 90.3 Å². The molecule has 0 aliphatic heterocycles. The summed E-state index contributed by atoms with van der Waals surface area (Å²) in [6.45, 7) is 0. The van der Waals surface area contributed by atoms with E-state index in [0.717, 1.165) is 77.1 Å². The standard InChI is InChI=1S/C54H32N2O/c1-3-13-33(14-4-1)52-46-29-28-42-40(21-11-23-45(42)53(46)56-54(55-52)34-15-5-2-6-16-34)44-22-12-24-50-51(44)48-32-36(26-30-49(48)57-50)35-25-27-43-39-19-8-7-17-37(39)38-18-9-10-20-41(38)47(43)31-35/h1-32H. The van der Waals surface area contributed by atoms with Gasteiger partial charge in [0.05, 0.1) is 11.2 Å². The summed E-state index contributed by atoms with van der Waals surface area (Å²) in [6, 6.07) is 69.1. The Morgan fingerprint density at radius 3 is 1.58 bits per heavy atom. The summed E-state index contributed by atoms with van der Waals surface area (Å²) in [4.78, 5) is 10.4. The van der Waals surface area contributed by atoms with Crippen molar-refractivity contribution < 1.29 is 4.42 Å². The van der Waals surface area contributed by atoms with Crippen molar-refractivity contribution in [2.45, 2.75) is 0 Å². The zero-order chi connectivity index (χ0) is 37.5. The van der Waals surface area contributed by atoms with Crippen LogP contribution in [0, 0.1) is 0 Å². The van der Waals surface area contributed by atoms with Crippen LogP contribution in [-0.4, -0.2) is 9.97 Å². The fourth-order valence-corrected chi connectivity index (χ4v) is 9.04. The maximum absolute atomic E-state index is 6.57. The van der Waals surface area contributed by atoms with Crippen molar-refractivity contribution >= 4 is 75.9 Å². The average Bonchev–Trinajstić information content (AvgIpc) is 3.67. The molecule has 0 amide bonds. The third-order valence-corrected chi connectivity index (χ3v) is 11.7. The van der Waals surface area contributed by atoms with Crippen LogP contribution in [0.5, 0.6) is 0 Å². The minimum Gasteiger partial charge on any atom is -0.456 e. The van der Waals surface area contributed by atoms with Gasteiger partial charge in [0.2, 0.25) is 0 Å². The normalized spacial score (nSPS) is 11.9. The lowest BCUT2D eigenvalue weighted by molar-refractivity contribution is 0.669. The lowest BCUT2D eigenvalue weighted by Gasteiger charge is -2.14. The van der Waals surface area contributed by atoms with E-state index in [2.05, 4.69) is 170 Å². The van der Waals surface area contributed by atoms with Crippen molar-refractivity contribution in [2.24, 2.45) is 0 Å². The molecule has 0 aliphatic carbocycles. The third kappa shape index (κ3) is 4.92. The average molecular weight is 725 g/mol. The molecule has 0 saturated heterocycles. The fraction of sp³-hybridized carbons (Fsp3) is 0. The second kappa shape index (κ2) is 12.5. The molecule has 0 saturated carbocycles. The van der Waals surface area contributed by atoms with E-state index in [1.54, 1.807) is 0 Å². The first-order valence-corrected chi connectivity index (χ1v) is 19.4. The van der Waals surface area contributed by atoms with Crippen molar-refractivity contribution in [3.05, 3.63) is 194 Å². The molecule has 12 aromatic rings. The van der Waals surface area contributed by atoms with Gasteiger partial charge in [-0.3, -0.25) is 0 Å². The lowest BCUT2D eigenvalue weighted by Crippen LogP contribution is -1.96. The number of hydrogen-bond donors (Lipinski definition) is 0. The molecule has 2 aromatic heterocycles. The molecule has 3 heteroatoms. The van der Waals surface area contributed by atoms with Gasteiger partial charge in [0.25, 0.3) is 0 Å². The van der Waals surface area contributed by atoms with Gasteiger partial charge in [-0.15, -0.1) is 0 Å². The molecule has 2 heterocycles. The quantitative estimate of drug-likeness (QED) is 0.170. The summed E-state index contributed by atoms with van der Waals surface area (Å²) in [7, 11) is 0. The van der Waals surface area contributed by atoms with Crippen LogP contribution in [0.25, 0.3) is 121 Å². The SMILES string of the molecule is c1ccc(-c2nc(-c3ccccc3)c3ccc4c(-c5cccc6oc7ccc(-c8ccc9c%10ccccc%10c%10ccccc%10c9c8)cc7c56)cccc4c3n2)cc1. The second-order valence-corrected chi connectivity index (χ2v) is 14.8.